The summed E-state index contributed by atoms with van der Waals surface area (Å²) < 4.78 is 39.8. The molecule has 5 heteroatoms. The lowest BCUT2D eigenvalue weighted by atomic mass is 9.84. The monoisotopic (exact) mass is 287 g/mol. The summed E-state index contributed by atoms with van der Waals surface area (Å²) in [4.78, 5) is 0. The number of benzene rings is 1. The fourth-order valence-electron chi connectivity index (χ4n) is 1.80. The van der Waals surface area contributed by atoms with Crippen LogP contribution >= 0.6 is 0 Å². The smallest absolute Gasteiger partial charge is 0.211 e. The summed E-state index contributed by atoms with van der Waals surface area (Å²) in [6.07, 6.45) is 1.47. The molecule has 0 aliphatic carbocycles. The molecule has 0 saturated heterocycles. The van der Waals surface area contributed by atoms with Crippen molar-refractivity contribution in [1.82, 2.24) is 4.72 Å². The summed E-state index contributed by atoms with van der Waals surface area (Å²) in [5.74, 6) is -0.183. The Labute approximate surface area is 115 Å². The van der Waals surface area contributed by atoms with Gasteiger partial charge in [-0.15, -0.1) is 0 Å². The Morgan fingerprint density at radius 2 is 1.89 bits per heavy atom. The van der Waals surface area contributed by atoms with Crippen molar-refractivity contribution in [2.45, 2.75) is 39.0 Å². The molecule has 0 atom stereocenters. The van der Waals surface area contributed by atoms with E-state index in [0.717, 1.165) is 6.42 Å². The molecule has 0 aliphatic heterocycles. The zero-order valence-corrected chi connectivity index (χ0v) is 12.6. The standard InChI is InChI=1S/C14H22FNO2S/c1-4-5-10-19(17,18)16-11-14(2,3)12-8-6-7-9-13(12)15/h6-9,16H,4-5,10-11H2,1-3H3. The second-order valence-corrected chi connectivity index (χ2v) is 7.28. The predicted molar refractivity (Wildman–Crippen MR) is 76.1 cm³/mol. The van der Waals surface area contributed by atoms with E-state index < -0.39 is 15.4 Å². The Bertz CT molecular complexity index is 512. The van der Waals surface area contributed by atoms with E-state index in [4.69, 9.17) is 0 Å². The Morgan fingerprint density at radius 3 is 2.47 bits per heavy atom. The average Bonchev–Trinajstić information content (AvgIpc) is 2.35. The van der Waals surface area contributed by atoms with Crippen LogP contribution in [0.4, 0.5) is 4.39 Å². The minimum atomic E-state index is -3.27. The Hall–Kier alpha value is -0.940. The molecule has 1 N–H and O–H groups in total. The zero-order valence-electron chi connectivity index (χ0n) is 11.7. The highest BCUT2D eigenvalue weighted by atomic mass is 32.2. The highest BCUT2D eigenvalue weighted by Crippen LogP contribution is 2.25. The summed E-state index contributed by atoms with van der Waals surface area (Å²) in [6.45, 7) is 5.79. The van der Waals surface area contributed by atoms with Gasteiger partial charge in [0, 0.05) is 12.0 Å². The fourth-order valence-corrected chi connectivity index (χ4v) is 3.20. The molecule has 0 radical (unpaired) electrons. The summed E-state index contributed by atoms with van der Waals surface area (Å²) in [5.41, 5.74) is -0.0573. The van der Waals surface area contributed by atoms with Gasteiger partial charge in [-0.05, 0) is 18.1 Å². The lowest BCUT2D eigenvalue weighted by molar-refractivity contribution is 0.470. The highest BCUT2D eigenvalue weighted by molar-refractivity contribution is 7.89. The quantitative estimate of drug-likeness (QED) is 0.838. The van der Waals surface area contributed by atoms with Crippen LogP contribution in [0.3, 0.4) is 0 Å². The molecule has 0 unspecified atom stereocenters. The molecule has 0 spiro atoms. The lowest BCUT2D eigenvalue weighted by Gasteiger charge is -2.26. The van der Waals surface area contributed by atoms with Crippen molar-refractivity contribution in [3.63, 3.8) is 0 Å². The number of hydrogen-bond donors (Lipinski definition) is 1. The van der Waals surface area contributed by atoms with E-state index in [1.165, 1.54) is 6.07 Å². The maximum Gasteiger partial charge on any atom is 0.211 e. The van der Waals surface area contributed by atoms with Gasteiger partial charge >= 0.3 is 0 Å². The first-order chi connectivity index (χ1) is 8.78. The molecule has 0 bridgehead atoms. The first-order valence-electron chi connectivity index (χ1n) is 6.51. The molecule has 0 saturated carbocycles. The molecular formula is C14H22FNO2S. The van der Waals surface area contributed by atoms with E-state index in [9.17, 15) is 12.8 Å². The molecule has 0 heterocycles. The third-order valence-corrected chi connectivity index (χ3v) is 4.51. The largest absolute Gasteiger partial charge is 0.214 e. The third kappa shape index (κ3) is 4.91. The van der Waals surface area contributed by atoms with Crippen molar-refractivity contribution >= 4 is 10.0 Å². The summed E-state index contributed by atoms with van der Waals surface area (Å²) in [6, 6.07) is 6.46. The average molecular weight is 287 g/mol. The topological polar surface area (TPSA) is 46.2 Å². The number of halogens is 1. The van der Waals surface area contributed by atoms with Crippen molar-refractivity contribution in [2.24, 2.45) is 0 Å². The SMILES string of the molecule is CCCCS(=O)(=O)NCC(C)(C)c1ccccc1F. The van der Waals surface area contributed by atoms with Crippen LogP contribution < -0.4 is 4.72 Å². The first-order valence-corrected chi connectivity index (χ1v) is 8.16. The second-order valence-electron chi connectivity index (χ2n) is 5.36. The first kappa shape index (κ1) is 16.1. The fraction of sp³-hybridized carbons (Fsp3) is 0.571. The van der Waals surface area contributed by atoms with E-state index in [1.54, 1.807) is 18.2 Å². The van der Waals surface area contributed by atoms with Crippen LogP contribution in [0.5, 0.6) is 0 Å². The highest BCUT2D eigenvalue weighted by Gasteiger charge is 2.25. The van der Waals surface area contributed by atoms with Crippen LogP contribution in [0, 0.1) is 5.82 Å². The van der Waals surface area contributed by atoms with Crippen molar-refractivity contribution in [2.75, 3.05) is 12.3 Å². The Kier molecular flexibility index (Phi) is 5.50. The molecule has 3 nitrogen and oxygen atoms in total. The van der Waals surface area contributed by atoms with Crippen molar-refractivity contribution in [1.29, 1.82) is 0 Å². The summed E-state index contributed by atoms with van der Waals surface area (Å²) >= 11 is 0. The molecule has 1 rings (SSSR count). The normalized spacial score (nSPS) is 12.6. The van der Waals surface area contributed by atoms with E-state index in [-0.39, 0.29) is 18.1 Å². The number of nitrogens with one attached hydrogen (secondary N) is 1. The molecule has 0 aromatic heterocycles. The molecule has 0 fully saturated rings. The van der Waals surface area contributed by atoms with E-state index in [0.29, 0.717) is 12.0 Å². The van der Waals surface area contributed by atoms with Gasteiger partial charge < -0.3 is 0 Å². The number of hydrogen-bond acceptors (Lipinski definition) is 2. The van der Waals surface area contributed by atoms with Crippen LogP contribution in [0.2, 0.25) is 0 Å². The molecule has 0 amide bonds. The second kappa shape index (κ2) is 6.48. The number of sulfonamides is 1. The molecule has 0 aliphatic rings. The number of rotatable bonds is 7. The minimum Gasteiger partial charge on any atom is -0.214 e. The van der Waals surface area contributed by atoms with Crippen LogP contribution in [0.1, 0.15) is 39.2 Å². The van der Waals surface area contributed by atoms with Gasteiger partial charge in [0.05, 0.1) is 5.75 Å². The lowest BCUT2D eigenvalue weighted by Crippen LogP contribution is -2.38. The maximum absolute atomic E-state index is 13.7. The molecular weight excluding hydrogens is 265 g/mol. The maximum atomic E-state index is 13.7. The summed E-state index contributed by atoms with van der Waals surface area (Å²) in [5, 5.41) is 0. The van der Waals surface area contributed by atoms with Gasteiger partial charge in [-0.2, -0.15) is 0 Å². The van der Waals surface area contributed by atoms with Gasteiger partial charge in [-0.25, -0.2) is 17.5 Å². The van der Waals surface area contributed by atoms with Gasteiger partial charge in [-0.3, -0.25) is 0 Å². The molecule has 19 heavy (non-hydrogen) atoms. The van der Waals surface area contributed by atoms with Gasteiger partial charge in [0.25, 0.3) is 0 Å². The minimum absolute atomic E-state index is 0.122. The zero-order chi connectivity index (χ0) is 14.5. The van der Waals surface area contributed by atoms with Crippen LogP contribution in [-0.4, -0.2) is 20.7 Å². The van der Waals surface area contributed by atoms with Gasteiger partial charge in [0.2, 0.25) is 10.0 Å². The molecule has 108 valence electrons. The van der Waals surface area contributed by atoms with Gasteiger partial charge in [0.15, 0.2) is 0 Å². The molecule has 1 aromatic carbocycles. The summed E-state index contributed by atoms with van der Waals surface area (Å²) in [7, 11) is -3.27. The van der Waals surface area contributed by atoms with Crippen molar-refractivity contribution in [3.8, 4) is 0 Å². The Morgan fingerprint density at radius 1 is 1.26 bits per heavy atom. The van der Waals surface area contributed by atoms with Crippen LogP contribution in [0.15, 0.2) is 24.3 Å². The number of unbranched alkanes of at least 4 members (excludes halogenated alkanes) is 1. The van der Waals surface area contributed by atoms with Gasteiger partial charge in [0.1, 0.15) is 5.82 Å². The molecule has 1 aromatic rings. The van der Waals surface area contributed by atoms with Crippen LogP contribution in [0.25, 0.3) is 0 Å². The van der Waals surface area contributed by atoms with Crippen molar-refractivity contribution in [3.05, 3.63) is 35.6 Å². The van der Waals surface area contributed by atoms with E-state index in [1.807, 2.05) is 20.8 Å². The Balaban J connectivity index is 2.73. The van der Waals surface area contributed by atoms with E-state index in [2.05, 4.69) is 4.72 Å². The van der Waals surface area contributed by atoms with E-state index >= 15 is 0 Å². The predicted octanol–water partition coefficient (Wildman–Crippen LogP) is 2.82. The third-order valence-electron chi connectivity index (χ3n) is 3.10. The van der Waals surface area contributed by atoms with Gasteiger partial charge in [-0.1, -0.05) is 45.4 Å². The van der Waals surface area contributed by atoms with Crippen molar-refractivity contribution < 1.29 is 12.8 Å². The van der Waals surface area contributed by atoms with Crippen LogP contribution in [-0.2, 0) is 15.4 Å².